The second-order valence-corrected chi connectivity index (χ2v) is 10.5. The Morgan fingerprint density at radius 3 is 2.69 bits per heavy atom. The normalized spacial score (nSPS) is 13.1. The molecule has 1 aliphatic rings. The first-order chi connectivity index (χ1) is 17.7. The van der Waals surface area contributed by atoms with Crippen LogP contribution >= 0.6 is 23.1 Å². The van der Waals surface area contributed by atoms with Gasteiger partial charge in [0.15, 0.2) is 10.9 Å². The van der Waals surface area contributed by atoms with Crippen molar-refractivity contribution < 1.29 is 9.21 Å². The van der Waals surface area contributed by atoms with Crippen molar-refractivity contribution in [2.24, 2.45) is 0 Å². The third kappa shape index (κ3) is 4.47. The van der Waals surface area contributed by atoms with E-state index in [1.807, 2.05) is 45.2 Å². The van der Waals surface area contributed by atoms with Crippen molar-refractivity contribution in [3.63, 3.8) is 0 Å². The van der Waals surface area contributed by atoms with Crippen LogP contribution in [0.2, 0.25) is 0 Å². The standard InChI is InChI=1S/C27H23N5O2S2/c1-18-8-10-21(11-9-18)32-25(23-7-4-14-34-23)29-30-27(32)36-17-24-28-22(16-35-24)26(33)31-13-12-19-5-2-3-6-20(19)15-31/h2-11,14,16H,12-13,15,17H2,1H3. The Morgan fingerprint density at radius 1 is 1.06 bits per heavy atom. The molecule has 2 aromatic carbocycles. The SMILES string of the molecule is Cc1ccc(-n2c(SCc3nc(C(=O)N4CCc5ccccc5C4)cs3)nnc2-c2ccco2)cc1. The van der Waals surface area contributed by atoms with Crippen LogP contribution in [0, 0.1) is 6.92 Å². The average molecular weight is 514 g/mol. The number of furan rings is 1. The van der Waals surface area contributed by atoms with Gasteiger partial charge < -0.3 is 9.32 Å². The summed E-state index contributed by atoms with van der Waals surface area (Å²) in [6.45, 7) is 3.40. The molecule has 180 valence electrons. The molecule has 0 saturated heterocycles. The molecule has 3 aromatic heterocycles. The summed E-state index contributed by atoms with van der Waals surface area (Å²) in [6, 6.07) is 20.3. The number of fused-ring (bicyclic) bond motifs is 1. The van der Waals surface area contributed by atoms with E-state index in [-0.39, 0.29) is 5.91 Å². The summed E-state index contributed by atoms with van der Waals surface area (Å²) in [6.07, 6.45) is 2.51. The Morgan fingerprint density at radius 2 is 1.89 bits per heavy atom. The van der Waals surface area contributed by atoms with Gasteiger partial charge in [-0.1, -0.05) is 53.7 Å². The number of nitrogens with zero attached hydrogens (tertiary/aromatic N) is 5. The van der Waals surface area contributed by atoms with E-state index in [1.165, 1.54) is 39.8 Å². The lowest BCUT2D eigenvalue weighted by molar-refractivity contribution is 0.0729. The van der Waals surface area contributed by atoms with Gasteiger partial charge in [0.05, 0.1) is 12.0 Å². The lowest BCUT2D eigenvalue weighted by atomic mass is 10.00. The fourth-order valence-corrected chi connectivity index (χ4v) is 6.03. The summed E-state index contributed by atoms with van der Waals surface area (Å²) >= 11 is 3.04. The summed E-state index contributed by atoms with van der Waals surface area (Å²) in [5.41, 5.74) is 5.18. The molecule has 7 nitrogen and oxygen atoms in total. The summed E-state index contributed by atoms with van der Waals surface area (Å²) in [7, 11) is 0. The number of aromatic nitrogens is 4. The molecule has 4 heterocycles. The average Bonchev–Trinajstić information content (AvgIpc) is 3.68. The first-order valence-corrected chi connectivity index (χ1v) is 13.5. The van der Waals surface area contributed by atoms with Crippen molar-refractivity contribution in [1.29, 1.82) is 0 Å². The Hall–Kier alpha value is -3.69. The van der Waals surface area contributed by atoms with E-state index in [9.17, 15) is 4.79 Å². The molecular formula is C27H23N5O2S2. The van der Waals surface area contributed by atoms with E-state index in [4.69, 9.17) is 4.42 Å². The van der Waals surface area contributed by atoms with E-state index in [0.717, 1.165) is 22.3 Å². The molecule has 0 N–H and O–H groups in total. The molecule has 0 radical (unpaired) electrons. The molecule has 0 atom stereocenters. The number of hydrogen-bond donors (Lipinski definition) is 0. The van der Waals surface area contributed by atoms with E-state index in [0.29, 0.717) is 36.1 Å². The van der Waals surface area contributed by atoms with Crippen molar-refractivity contribution in [2.75, 3.05) is 6.54 Å². The van der Waals surface area contributed by atoms with Crippen molar-refractivity contribution in [3.05, 3.63) is 99.7 Å². The maximum absolute atomic E-state index is 13.1. The predicted octanol–water partition coefficient (Wildman–Crippen LogP) is 5.78. The Kier molecular flexibility index (Phi) is 6.16. The number of carbonyl (C=O) groups excluding carboxylic acids is 1. The minimum Gasteiger partial charge on any atom is -0.461 e. The van der Waals surface area contributed by atoms with E-state index < -0.39 is 0 Å². The van der Waals surface area contributed by atoms with Gasteiger partial charge in [-0.15, -0.1) is 21.5 Å². The quantitative estimate of drug-likeness (QED) is 0.268. The van der Waals surface area contributed by atoms with Crippen LogP contribution in [0.3, 0.4) is 0 Å². The van der Waals surface area contributed by atoms with Crippen LogP contribution in [0.25, 0.3) is 17.3 Å². The first kappa shape index (κ1) is 22.8. The zero-order valence-corrected chi connectivity index (χ0v) is 21.3. The van der Waals surface area contributed by atoms with Crippen LogP contribution in [-0.2, 0) is 18.7 Å². The minimum atomic E-state index is -0.0140. The van der Waals surface area contributed by atoms with Gasteiger partial charge >= 0.3 is 0 Å². The number of benzene rings is 2. The van der Waals surface area contributed by atoms with Gasteiger partial charge in [-0.05, 0) is 48.7 Å². The summed E-state index contributed by atoms with van der Waals surface area (Å²) < 4.78 is 7.60. The second-order valence-electron chi connectivity index (χ2n) is 8.62. The topological polar surface area (TPSA) is 77.1 Å². The highest BCUT2D eigenvalue weighted by Gasteiger charge is 2.24. The van der Waals surface area contributed by atoms with E-state index in [2.05, 4.69) is 52.4 Å². The molecule has 1 amide bonds. The van der Waals surface area contributed by atoms with E-state index >= 15 is 0 Å². The number of amides is 1. The van der Waals surface area contributed by atoms with Crippen LogP contribution in [0.15, 0.2) is 81.9 Å². The molecule has 5 aromatic rings. The molecule has 36 heavy (non-hydrogen) atoms. The Balaban J connectivity index is 1.20. The monoisotopic (exact) mass is 513 g/mol. The van der Waals surface area contributed by atoms with Crippen molar-refractivity contribution >= 4 is 29.0 Å². The molecule has 0 saturated carbocycles. The summed E-state index contributed by atoms with van der Waals surface area (Å²) in [5, 5.41) is 12.3. The summed E-state index contributed by atoms with van der Waals surface area (Å²) in [4.78, 5) is 19.7. The van der Waals surface area contributed by atoms with Gasteiger partial charge in [0.2, 0.25) is 5.82 Å². The van der Waals surface area contributed by atoms with Crippen molar-refractivity contribution in [3.8, 4) is 17.3 Å². The number of thioether (sulfide) groups is 1. The van der Waals surface area contributed by atoms with Crippen LogP contribution in [0.1, 0.15) is 32.2 Å². The highest BCUT2D eigenvalue weighted by molar-refractivity contribution is 7.98. The number of hydrogen-bond acceptors (Lipinski definition) is 7. The zero-order chi connectivity index (χ0) is 24.5. The Labute approximate surface area is 216 Å². The lowest BCUT2D eigenvalue weighted by Gasteiger charge is -2.28. The fraction of sp³-hybridized carbons (Fsp3) is 0.185. The second kappa shape index (κ2) is 9.75. The van der Waals surface area contributed by atoms with Crippen LogP contribution in [0.4, 0.5) is 0 Å². The van der Waals surface area contributed by atoms with E-state index in [1.54, 1.807) is 6.26 Å². The van der Waals surface area contributed by atoms with Crippen molar-refractivity contribution in [2.45, 2.75) is 30.8 Å². The molecule has 0 aliphatic carbocycles. The third-order valence-electron chi connectivity index (χ3n) is 6.18. The van der Waals surface area contributed by atoms with Crippen LogP contribution in [-0.4, -0.2) is 37.1 Å². The molecule has 1 aliphatic heterocycles. The number of aryl methyl sites for hydroxylation is 1. The molecule has 0 bridgehead atoms. The first-order valence-electron chi connectivity index (χ1n) is 11.7. The fourth-order valence-electron chi connectivity index (χ4n) is 4.29. The maximum Gasteiger partial charge on any atom is 0.273 e. The zero-order valence-electron chi connectivity index (χ0n) is 19.6. The van der Waals surface area contributed by atoms with Crippen LogP contribution < -0.4 is 0 Å². The summed E-state index contributed by atoms with van der Waals surface area (Å²) in [5.74, 6) is 1.87. The van der Waals surface area contributed by atoms with Gasteiger partial charge in [0.25, 0.3) is 5.91 Å². The highest BCUT2D eigenvalue weighted by Crippen LogP contribution is 2.31. The minimum absolute atomic E-state index is 0.0140. The molecule has 9 heteroatoms. The Bertz CT molecular complexity index is 1510. The number of rotatable bonds is 6. The lowest BCUT2D eigenvalue weighted by Crippen LogP contribution is -2.36. The molecular weight excluding hydrogens is 490 g/mol. The molecule has 6 rings (SSSR count). The predicted molar refractivity (Wildman–Crippen MR) is 140 cm³/mol. The maximum atomic E-state index is 13.1. The number of carbonyl (C=O) groups is 1. The highest BCUT2D eigenvalue weighted by atomic mass is 32.2. The molecule has 0 fully saturated rings. The van der Waals surface area contributed by atoms with Gasteiger partial charge in [-0.2, -0.15) is 0 Å². The van der Waals surface area contributed by atoms with Gasteiger partial charge in [-0.25, -0.2) is 4.98 Å². The van der Waals surface area contributed by atoms with Gasteiger partial charge in [-0.3, -0.25) is 9.36 Å². The third-order valence-corrected chi connectivity index (χ3v) is 8.15. The van der Waals surface area contributed by atoms with Crippen molar-refractivity contribution in [1.82, 2.24) is 24.6 Å². The van der Waals surface area contributed by atoms with Gasteiger partial charge in [0.1, 0.15) is 10.7 Å². The van der Waals surface area contributed by atoms with Crippen LogP contribution in [0.5, 0.6) is 0 Å². The smallest absolute Gasteiger partial charge is 0.273 e. The number of thiazole rings is 1. The molecule has 0 unspecified atom stereocenters. The van der Waals surface area contributed by atoms with Gasteiger partial charge in [0, 0.05) is 24.2 Å². The largest absolute Gasteiger partial charge is 0.461 e. The molecule has 0 spiro atoms.